The van der Waals surface area contributed by atoms with Crippen LogP contribution < -0.4 is 9.64 Å². The number of ether oxygens (including phenoxy) is 3. The van der Waals surface area contributed by atoms with Gasteiger partial charge in [-0.15, -0.1) is 5.10 Å². The van der Waals surface area contributed by atoms with Crippen LogP contribution in [0.4, 0.5) is 10.4 Å². The number of benzene rings is 1. The fraction of sp³-hybridized carbons (Fsp3) is 0.680. The molecule has 1 spiro atoms. The second kappa shape index (κ2) is 8.77. The lowest BCUT2D eigenvalue weighted by atomic mass is 9.84. The summed E-state index contributed by atoms with van der Waals surface area (Å²) in [6, 6.07) is 5.99. The highest BCUT2D eigenvalue weighted by molar-refractivity contribution is 5.38. The molecule has 6 rings (SSSR count). The Morgan fingerprint density at radius 3 is 2.71 bits per heavy atom. The van der Waals surface area contributed by atoms with Gasteiger partial charge in [-0.2, -0.15) is 0 Å². The molecule has 2 aromatic rings. The van der Waals surface area contributed by atoms with Crippen molar-refractivity contribution in [2.75, 3.05) is 57.5 Å². The summed E-state index contributed by atoms with van der Waals surface area (Å²) in [5.41, 5.74) is 1.02. The smallest absolute Gasteiger partial charge is 0.318 e. The largest absolute Gasteiger partial charge is 0.493 e. The van der Waals surface area contributed by atoms with E-state index >= 15 is 0 Å². The highest BCUT2D eigenvalue weighted by atomic mass is 19.1. The fourth-order valence-electron chi connectivity index (χ4n) is 5.92. The van der Waals surface area contributed by atoms with Gasteiger partial charge >= 0.3 is 6.01 Å². The minimum Gasteiger partial charge on any atom is -0.493 e. The van der Waals surface area contributed by atoms with Crippen LogP contribution in [0.5, 0.6) is 5.75 Å². The molecular weight excluding hydrogens is 439 g/mol. The van der Waals surface area contributed by atoms with Crippen LogP contribution in [0.25, 0.3) is 0 Å². The predicted octanol–water partition coefficient (Wildman–Crippen LogP) is 3.24. The van der Waals surface area contributed by atoms with E-state index in [1.165, 1.54) is 12.5 Å². The molecule has 4 saturated heterocycles. The van der Waals surface area contributed by atoms with E-state index in [4.69, 9.17) is 18.6 Å². The van der Waals surface area contributed by atoms with Crippen molar-refractivity contribution < 1.29 is 23.0 Å². The van der Waals surface area contributed by atoms with Gasteiger partial charge in [0, 0.05) is 11.6 Å². The van der Waals surface area contributed by atoms with Crippen molar-refractivity contribution in [2.45, 2.75) is 50.2 Å². The molecule has 5 heterocycles. The zero-order chi connectivity index (χ0) is 23.2. The lowest BCUT2D eigenvalue weighted by Crippen LogP contribution is -2.62. The summed E-state index contributed by atoms with van der Waals surface area (Å²) in [7, 11) is 0. The number of likely N-dealkylation sites (tertiary alicyclic amines) is 1. The maximum absolute atomic E-state index is 14.2. The van der Waals surface area contributed by atoms with Crippen LogP contribution in [0.3, 0.4) is 0 Å². The van der Waals surface area contributed by atoms with Gasteiger partial charge in [0.15, 0.2) is 0 Å². The summed E-state index contributed by atoms with van der Waals surface area (Å²) in [6.07, 6.45) is 5.41. The first-order valence-corrected chi connectivity index (χ1v) is 12.5. The van der Waals surface area contributed by atoms with E-state index in [0.717, 1.165) is 83.0 Å². The number of hydrogen-bond donors (Lipinski definition) is 0. The molecule has 184 valence electrons. The zero-order valence-electron chi connectivity index (χ0n) is 19.7. The van der Waals surface area contributed by atoms with E-state index in [2.05, 4.69) is 26.9 Å². The van der Waals surface area contributed by atoms with Crippen molar-refractivity contribution in [3.05, 3.63) is 36.0 Å². The molecule has 0 amide bonds. The summed E-state index contributed by atoms with van der Waals surface area (Å²) < 4.78 is 37.4. The highest BCUT2D eigenvalue weighted by Crippen LogP contribution is 2.41. The van der Waals surface area contributed by atoms with Crippen molar-refractivity contribution in [3.8, 4) is 5.75 Å². The molecule has 8 nitrogen and oxygen atoms in total. The Morgan fingerprint density at radius 1 is 1.21 bits per heavy atom. The molecule has 4 aliphatic rings. The van der Waals surface area contributed by atoms with Gasteiger partial charge in [-0.3, -0.25) is 4.90 Å². The normalized spacial score (nSPS) is 26.4. The SMILES string of the molecule is CCC1(COc2ccc(F)cc2C2CCN([C@@H]3COC4(C3)CN(c3nnco3)C4)CC2)COC1. The first-order valence-electron chi connectivity index (χ1n) is 12.5. The van der Waals surface area contributed by atoms with E-state index in [0.29, 0.717) is 24.6 Å². The number of halogens is 1. The van der Waals surface area contributed by atoms with E-state index in [1.54, 1.807) is 12.1 Å². The third-order valence-electron chi connectivity index (χ3n) is 8.32. The zero-order valence-corrected chi connectivity index (χ0v) is 19.7. The molecule has 34 heavy (non-hydrogen) atoms. The molecular formula is C25H33FN4O4. The average molecular weight is 473 g/mol. The summed E-state index contributed by atoms with van der Waals surface area (Å²) in [5.74, 6) is 0.951. The van der Waals surface area contributed by atoms with Crippen LogP contribution in [0.1, 0.15) is 44.1 Å². The lowest BCUT2D eigenvalue weighted by Gasteiger charge is -2.46. The summed E-state index contributed by atoms with van der Waals surface area (Å²) >= 11 is 0. The highest BCUT2D eigenvalue weighted by Gasteiger charge is 2.52. The van der Waals surface area contributed by atoms with Crippen molar-refractivity contribution >= 4 is 6.01 Å². The Bertz CT molecular complexity index is 979. The Balaban J connectivity index is 1.04. The van der Waals surface area contributed by atoms with Crippen molar-refractivity contribution in [1.82, 2.24) is 15.1 Å². The monoisotopic (exact) mass is 472 g/mol. The van der Waals surface area contributed by atoms with E-state index < -0.39 is 0 Å². The van der Waals surface area contributed by atoms with Crippen LogP contribution in [-0.2, 0) is 9.47 Å². The molecule has 4 aliphatic heterocycles. The standard InChI is InChI=1S/C25H33FN4O4/c1-2-24(14-31-15-24)16-32-22-4-3-19(26)9-21(22)18-5-7-29(8-6-18)20-10-25(34-11-20)12-30(13-25)23-28-27-17-33-23/h3-4,9,17-18,20H,2,5-8,10-16H2,1H3/t20-/m0/s1. The number of aromatic nitrogens is 2. The van der Waals surface area contributed by atoms with Crippen molar-refractivity contribution in [3.63, 3.8) is 0 Å². The van der Waals surface area contributed by atoms with Crippen LogP contribution in [-0.4, -0.2) is 79.3 Å². The molecule has 0 unspecified atom stereocenters. The fourth-order valence-corrected chi connectivity index (χ4v) is 5.92. The number of hydrogen-bond acceptors (Lipinski definition) is 8. The van der Waals surface area contributed by atoms with Gasteiger partial charge in [0.1, 0.15) is 17.2 Å². The van der Waals surface area contributed by atoms with Crippen LogP contribution in [0, 0.1) is 11.2 Å². The predicted molar refractivity (Wildman–Crippen MR) is 123 cm³/mol. The van der Waals surface area contributed by atoms with Gasteiger partial charge in [0.05, 0.1) is 44.9 Å². The average Bonchev–Trinajstić information content (AvgIpc) is 3.49. The molecule has 0 bridgehead atoms. The van der Waals surface area contributed by atoms with Crippen LogP contribution in [0.2, 0.25) is 0 Å². The Morgan fingerprint density at radius 2 is 2.03 bits per heavy atom. The van der Waals surface area contributed by atoms with Gasteiger partial charge in [-0.05, 0) is 62.9 Å². The lowest BCUT2D eigenvalue weighted by molar-refractivity contribution is -0.133. The van der Waals surface area contributed by atoms with Gasteiger partial charge in [-0.1, -0.05) is 12.0 Å². The Kier molecular flexibility index (Phi) is 5.74. The summed E-state index contributed by atoms with van der Waals surface area (Å²) in [4.78, 5) is 4.63. The third-order valence-corrected chi connectivity index (χ3v) is 8.32. The summed E-state index contributed by atoms with van der Waals surface area (Å²) in [5, 5.41) is 7.75. The van der Waals surface area contributed by atoms with Crippen LogP contribution in [0.15, 0.2) is 29.0 Å². The van der Waals surface area contributed by atoms with Gasteiger partial charge in [0.25, 0.3) is 0 Å². The quantitative estimate of drug-likeness (QED) is 0.608. The number of rotatable bonds is 7. The maximum Gasteiger partial charge on any atom is 0.318 e. The minimum absolute atomic E-state index is 0.0972. The first-order chi connectivity index (χ1) is 16.6. The number of anilines is 1. The molecule has 1 atom stereocenters. The maximum atomic E-state index is 14.2. The second-order valence-electron chi connectivity index (χ2n) is 10.6. The number of piperidine rings is 1. The van der Waals surface area contributed by atoms with Gasteiger partial charge in [-0.25, -0.2) is 4.39 Å². The van der Waals surface area contributed by atoms with E-state index in [1.807, 2.05) is 0 Å². The number of nitrogens with zero attached hydrogens (tertiary/aromatic N) is 4. The minimum atomic E-state index is -0.191. The van der Waals surface area contributed by atoms with Crippen molar-refractivity contribution in [1.29, 1.82) is 0 Å². The Labute approximate surface area is 199 Å². The molecule has 9 heteroatoms. The molecule has 1 aromatic carbocycles. The topological polar surface area (TPSA) is 73.1 Å². The summed E-state index contributed by atoms with van der Waals surface area (Å²) in [6.45, 7) is 8.64. The Hall–Kier alpha value is -2.23. The van der Waals surface area contributed by atoms with E-state index in [-0.39, 0.29) is 16.8 Å². The van der Waals surface area contributed by atoms with Gasteiger partial charge in [0.2, 0.25) is 6.39 Å². The molecule has 0 saturated carbocycles. The molecule has 0 N–H and O–H groups in total. The van der Waals surface area contributed by atoms with Crippen LogP contribution >= 0.6 is 0 Å². The molecule has 0 aliphatic carbocycles. The molecule has 0 radical (unpaired) electrons. The molecule has 1 aromatic heterocycles. The van der Waals surface area contributed by atoms with Crippen molar-refractivity contribution in [2.24, 2.45) is 5.41 Å². The van der Waals surface area contributed by atoms with E-state index in [9.17, 15) is 4.39 Å². The molecule has 4 fully saturated rings. The van der Waals surface area contributed by atoms with Gasteiger partial charge < -0.3 is 23.5 Å². The first kappa shape index (κ1) is 22.2. The second-order valence-corrected chi connectivity index (χ2v) is 10.6. The third kappa shape index (κ3) is 4.07.